The van der Waals surface area contributed by atoms with Crippen LogP contribution >= 0.6 is 0 Å². The van der Waals surface area contributed by atoms with Crippen molar-refractivity contribution in [3.8, 4) is 0 Å². The second-order valence-corrected chi connectivity index (χ2v) is 6.33. The number of hydrogen-bond acceptors (Lipinski definition) is 5. The number of rotatable bonds is 11. The van der Waals surface area contributed by atoms with Crippen molar-refractivity contribution in [1.29, 1.82) is 0 Å². The summed E-state index contributed by atoms with van der Waals surface area (Å²) in [6.45, 7) is 3.40. The van der Waals surface area contributed by atoms with Crippen LogP contribution in [0.5, 0.6) is 0 Å². The lowest BCUT2D eigenvalue weighted by Crippen LogP contribution is -2.55. The zero-order chi connectivity index (χ0) is 17.3. The summed E-state index contributed by atoms with van der Waals surface area (Å²) in [7, 11) is 0. The Kier molecular flexibility index (Phi) is 8.48. The van der Waals surface area contributed by atoms with E-state index in [9.17, 15) is 19.8 Å². The van der Waals surface area contributed by atoms with Gasteiger partial charge in [-0.1, -0.05) is 57.9 Å². The standard InChI is InChI=1S/C18H30O5/c1-3-4-5-6-7-8-9-10-11-15(20)18(22)16(21)12-13-17(18)23-14(2)19/h12-13,16-17,21-22H,3-11H2,1-2H3/t16-,17?,18+/m1/s1. The lowest BCUT2D eigenvalue weighted by atomic mass is 9.88. The van der Waals surface area contributed by atoms with Crippen LogP contribution in [0.2, 0.25) is 0 Å². The summed E-state index contributed by atoms with van der Waals surface area (Å²) in [5.74, 6) is -1.06. The average molecular weight is 326 g/mol. The fourth-order valence-corrected chi connectivity index (χ4v) is 2.92. The fourth-order valence-electron chi connectivity index (χ4n) is 2.92. The third-order valence-corrected chi connectivity index (χ3v) is 4.35. The lowest BCUT2D eigenvalue weighted by molar-refractivity contribution is -0.172. The first-order valence-electron chi connectivity index (χ1n) is 8.72. The van der Waals surface area contributed by atoms with Gasteiger partial charge in [0.25, 0.3) is 0 Å². The number of ketones is 1. The molecule has 1 aliphatic carbocycles. The molecular formula is C18H30O5. The van der Waals surface area contributed by atoms with Crippen molar-refractivity contribution < 1.29 is 24.5 Å². The smallest absolute Gasteiger partial charge is 0.303 e. The van der Waals surface area contributed by atoms with E-state index in [2.05, 4.69) is 6.92 Å². The van der Waals surface area contributed by atoms with Gasteiger partial charge in [-0.05, 0) is 12.5 Å². The first-order chi connectivity index (χ1) is 10.9. The second kappa shape index (κ2) is 9.83. The maximum Gasteiger partial charge on any atom is 0.303 e. The fraction of sp³-hybridized carbons (Fsp3) is 0.778. The second-order valence-electron chi connectivity index (χ2n) is 6.33. The number of aliphatic hydroxyl groups is 2. The summed E-state index contributed by atoms with van der Waals surface area (Å²) in [5, 5.41) is 20.4. The number of Topliss-reactive ketones (excluding diaryl/α,β-unsaturated/α-hetero) is 1. The molecule has 0 heterocycles. The van der Waals surface area contributed by atoms with Crippen LogP contribution in [0.4, 0.5) is 0 Å². The molecule has 0 bridgehead atoms. The summed E-state index contributed by atoms with van der Waals surface area (Å²) in [6.07, 6.45) is 9.26. The molecule has 0 fully saturated rings. The lowest BCUT2D eigenvalue weighted by Gasteiger charge is -2.30. The van der Waals surface area contributed by atoms with E-state index in [-0.39, 0.29) is 6.42 Å². The number of aliphatic hydroxyl groups excluding tert-OH is 1. The van der Waals surface area contributed by atoms with Gasteiger partial charge in [0.05, 0.1) is 0 Å². The van der Waals surface area contributed by atoms with Gasteiger partial charge in [0.1, 0.15) is 6.10 Å². The van der Waals surface area contributed by atoms with Crippen LogP contribution in [0.1, 0.15) is 71.6 Å². The molecule has 1 unspecified atom stereocenters. The SMILES string of the molecule is CCCCCCCCCCC(=O)[C@@]1(O)C(OC(C)=O)C=C[C@H]1O. The zero-order valence-corrected chi connectivity index (χ0v) is 14.3. The summed E-state index contributed by atoms with van der Waals surface area (Å²) < 4.78 is 4.94. The maximum atomic E-state index is 12.3. The van der Waals surface area contributed by atoms with Gasteiger partial charge in [-0.25, -0.2) is 0 Å². The molecule has 5 heteroatoms. The van der Waals surface area contributed by atoms with Gasteiger partial charge in [-0.15, -0.1) is 0 Å². The van der Waals surface area contributed by atoms with Crippen LogP contribution in [0, 0.1) is 0 Å². The molecule has 3 atom stereocenters. The van der Waals surface area contributed by atoms with Gasteiger partial charge in [-0.2, -0.15) is 0 Å². The molecule has 1 aliphatic rings. The van der Waals surface area contributed by atoms with Crippen LogP contribution in [0.3, 0.4) is 0 Å². The van der Waals surface area contributed by atoms with E-state index in [0.717, 1.165) is 12.8 Å². The van der Waals surface area contributed by atoms with Crippen molar-refractivity contribution in [2.24, 2.45) is 0 Å². The van der Waals surface area contributed by atoms with Gasteiger partial charge in [-0.3, -0.25) is 9.59 Å². The van der Waals surface area contributed by atoms with Crippen LogP contribution in [0.25, 0.3) is 0 Å². The highest BCUT2D eigenvalue weighted by Crippen LogP contribution is 2.30. The highest BCUT2D eigenvalue weighted by Gasteiger charge is 2.52. The Morgan fingerprint density at radius 1 is 1.04 bits per heavy atom. The summed E-state index contributed by atoms with van der Waals surface area (Å²) in [4.78, 5) is 23.4. The first kappa shape index (κ1) is 19.8. The van der Waals surface area contributed by atoms with Crippen molar-refractivity contribution in [3.63, 3.8) is 0 Å². The van der Waals surface area contributed by atoms with Crippen molar-refractivity contribution >= 4 is 11.8 Å². The van der Waals surface area contributed by atoms with E-state index in [4.69, 9.17) is 4.74 Å². The molecule has 0 aliphatic heterocycles. The molecule has 0 spiro atoms. The number of unbranched alkanes of at least 4 members (excludes halogenated alkanes) is 7. The van der Waals surface area contributed by atoms with Gasteiger partial charge in [0.15, 0.2) is 17.5 Å². The Balaban J connectivity index is 2.33. The van der Waals surface area contributed by atoms with E-state index in [0.29, 0.717) is 6.42 Å². The average Bonchev–Trinajstić information content (AvgIpc) is 2.78. The van der Waals surface area contributed by atoms with E-state index in [1.807, 2.05) is 0 Å². The number of carbonyl (C=O) groups is 2. The normalized spacial score (nSPS) is 26.4. The molecule has 0 aromatic rings. The minimum absolute atomic E-state index is 0.183. The van der Waals surface area contributed by atoms with Crippen molar-refractivity contribution in [2.45, 2.75) is 89.4 Å². The molecule has 23 heavy (non-hydrogen) atoms. The summed E-state index contributed by atoms with van der Waals surface area (Å²) in [6, 6.07) is 0. The Hall–Kier alpha value is -1.20. The zero-order valence-electron chi connectivity index (χ0n) is 14.3. The Morgan fingerprint density at radius 3 is 2.17 bits per heavy atom. The van der Waals surface area contributed by atoms with Crippen LogP contribution in [-0.2, 0) is 14.3 Å². The molecule has 0 aromatic heterocycles. The van der Waals surface area contributed by atoms with Crippen LogP contribution < -0.4 is 0 Å². The van der Waals surface area contributed by atoms with Gasteiger partial charge >= 0.3 is 5.97 Å². The Labute approximate surface area is 138 Å². The highest BCUT2D eigenvalue weighted by molar-refractivity contribution is 5.90. The molecular weight excluding hydrogens is 296 g/mol. The van der Waals surface area contributed by atoms with Crippen LogP contribution in [-0.4, -0.2) is 39.8 Å². The molecule has 1 rings (SSSR count). The van der Waals surface area contributed by atoms with Crippen molar-refractivity contribution in [2.75, 3.05) is 0 Å². The van der Waals surface area contributed by atoms with Gasteiger partial charge < -0.3 is 14.9 Å². The largest absolute Gasteiger partial charge is 0.455 e. The quantitative estimate of drug-likeness (QED) is 0.346. The van der Waals surface area contributed by atoms with E-state index < -0.39 is 29.6 Å². The number of esters is 1. The molecule has 5 nitrogen and oxygen atoms in total. The summed E-state index contributed by atoms with van der Waals surface area (Å²) >= 11 is 0. The predicted molar refractivity (Wildman–Crippen MR) is 87.9 cm³/mol. The molecule has 0 saturated carbocycles. The molecule has 0 aromatic carbocycles. The maximum absolute atomic E-state index is 12.3. The molecule has 2 N–H and O–H groups in total. The van der Waals surface area contributed by atoms with E-state index in [1.54, 1.807) is 0 Å². The number of carbonyl (C=O) groups excluding carboxylic acids is 2. The van der Waals surface area contributed by atoms with Crippen molar-refractivity contribution in [3.05, 3.63) is 12.2 Å². The van der Waals surface area contributed by atoms with E-state index >= 15 is 0 Å². The molecule has 0 saturated heterocycles. The monoisotopic (exact) mass is 326 g/mol. The molecule has 0 amide bonds. The third-order valence-electron chi connectivity index (χ3n) is 4.35. The number of ether oxygens (including phenoxy) is 1. The highest BCUT2D eigenvalue weighted by atomic mass is 16.6. The minimum atomic E-state index is -2.03. The predicted octanol–water partition coefficient (Wildman–Crippen LogP) is 2.68. The summed E-state index contributed by atoms with van der Waals surface area (Å²) in [5.41, 5.74) is -2.03. The third kappa shape index (κ3) is 5.74. The van der Waals surface area contributed by atoms with E-state index in [1.165, 1.54) is 51.2 Å². The first-order valence-corrected chi connectivity index (χ1v) is 8.72. The minimum Gasteiger partial charge on any atom is -0.455 e. The van der Waals surface area contributed by atoms with Crippen molar-refractivity contribution in [1.82, 2.24) is 0 Å². The Bertz CT molecular complexity index is 418. The van der Waals surface area contributed by atoms with Gasteiger partial charge in [0, 0.05) is 13.3 Å². The molecule has 0 radical (unpaired) electrons. The number of hydrogen-bond donors (Lipinski definition) is 2. The Morgan fingerprint density at radius 2 is 1.61 bits per heavy atom. The molecule has 132 valence electrons. The topological polar surface area (TPSA) is 83.8 Å². The van der Waals surface area contributed by atoms with Crippen LogP contribution in [0.15, 0.2) is 12.2 Å². The van der Waals surface area contributed by atoms with Gasteiger partial charge in [0.2, 0.25) is 0 Å².